The van der Waals surface area contributed by atoms with Crippen LogP contribution in [0.5, 0.6) is 0 Å². The van der Waals surface area contributed by atoms with Gasteiger partial charge in [0.05, 0.1) is 12.8 Å². The smallest absolute Gasteiger partial charge is 0.306 e. The fraction of sp³-hybridized carbons (Fsp3) is 0.889. The summed E-state index contributed by atoms with van der Waals surface area (Å²) in [6, 6.07) is 0. The summed E-state index contributed by atoms with van der Waals surface area (Å²) >= 11 is 0. The molecule has 0 aliphatic rings. The third-order valence-corrected chi connectivity index (χ3v) is 5.90. The van der Waals surface area contributed by atoms with Gasteiger partial charge in [0.2, 0.25) is 0 Å². The van der Waals surface area contributed by atoms with E-state index in [1.807, 2.05) is 0 Å². The van der Waals surface area contributed by atoms with Gasteiger partial charge in [-0.3, -0.25) is 14.4 Å². The summed E-state index contributed by atoms with van der Waals surface area (Å²) in [7, 11) is 0. The Morgan fingerprint density at radius 3 is 1.29 bits per heavy atom. The van der Waals surface area contributed by atoms with Crippen LogP contribution in [0.1, 0.15) is 135 Å². The van der Waals surface area contributed by atoms with Crippen LogP contribution in [0.3, 0.4) is 0 Å². The number of carbonyl (C=O) groups is 3. The van der Waals surface area contributed by atoms with Crippen molar-refractivity contribution in [2.75, 3.05) is 13.2 Å². The van der Waals surface area contributed by atoms with Crippen LogP contribution < -0.4 is 0 Å². The van der Waals surface area contributed by atoms with E-state index in [1.165, 1.54) is 89.9 Å². The molecule has 0 radical (unpaired) electrons. The molecular weight excluding hydrogens is 436 g/mol. The van der Waals surface area contributed by atoms with Gasteiger partial charge in [-0.1, -0.05) is 110 Å². The van der Waals surface area contributed by atoms with Crippen LogP contribution in [0, 0.1) is 0 Å². The number of aliphatic hydroxyl groups is 1. The summed E-state index contributed by atoms with van der Waals surface area (Å²) in [6.45, 7) is 1.72. The molecule has 200 valence electrons. The highest BCUT2D eigenvalue weighted by atomic mass is 16.6. The molecule has 0 aromatic carbocycles. The third kappa shape index (κ3) is 25.0. The van der Waals surface area contributed by atoms with Gasteiger partial charge in [-0.05, 0) is 6.42 Å². The quantitative estimate of drug-likeness (QED) is 0.114. The second-order valence-electron chi connectivity index (χ2n) is 9.32. The number of esters is 2. The Morgan fingerprint density at radius 2 is 0.912 bits per heavy atom. The molecule has 1 atom stereocenters. The third-order valence-electron chi connectivity index (χ3n) is 5.90. The molecule has 7 nitrogen and oxygen atoms in total. The van der Waals surface area contributed by atoms with E-state index in [2.05, 4.69) is 6.92 Å². The van der Waals surface area contributed by atoms with Crippen LogP contribution in [-0.2, 0) is 23.9 Å². The summed E-state index contributed by atoms with van der Waals surface area (Å²) in [6.07, 6.45) is 20.5. The average Bonchev–Trinajstić information content (AvgIpc) is 2.81. The molecule has 0 aliphatic heterocycles. The van der Waals surface area contributed by atoms with E-state index in [9.17, 15) is 19.5 Å². The standard InChI is InChI=1S/C27H50O7/c1-2-3-4-5-6-7-8-9-10-11-12-13-14-15-16-17-18-19-26(31)33-22-24(28)23-34-27(32)21-20-25(29)30/h24,28H,2-23H2,1H3,(H,29,30). The molecular formula is C27H50O7. The van der Waals surface area contributed by atoms with E-state index in [-0.39, 0.29) is 32.0 Å². The molecule has 0 saturated heterocycles. The first-order valence-corrected chi connectivity index (χ1v) is 13.7. The van der Waals surface area contributed by atoms with Gasteiger partial charge >= 0.3 is 17.9 Å². The first kappa shape index (κ1) is 32.4. The molecule has 0 heterocycles. The number of hydrogen-bond donors (Lipinski definition) is 2. The van der Waals surface area contributed by atoms with E-state index >= 15 is 0 Å². The number of carbonyl (C=O) groups excluding carboxylic acids is 2. The fourth-order valence-electron chi connectivity index (χ4n) is 3.77. The number of carboxylic acids is 1. The first-order chi connectivity index (χ1) is 16.5. The SMILES string of the molecule is CCCCCCCCCCCCCCCCCCCC(=O)OCC(O)COC(=O)CCC(=O)O. The van der Waals surface area contributed by atoms with Crippen LogP contribution in [0.25, 0.3) is 0 Å². The van der Waals surface area contributed by atoms with Crippen molar-refractivity contribution in [1.82, 2.24) is 0 Å². The van der Waals surface area contributed by atoms with Crippen LogP contribution in [0.15, 0.2) is 0 Å². The van der Waals surface area contributed by atoms with Crippen molar-refractivity contribution in [1.29, 1.82) is 0 Å². The Labute approximate surface area is 207 Å². The second kappa shape index (κ2) is 24.5. The van der Waals surface area contributed by atoms with Crippen molar-refractivity contribution in [3.05, 3.63) is 0 Å². The number of rotatable bonds is 25. The lowest BCUT2D eigenvalue weighted by Gasteiger charge is -2.11. The van der Waals surface area contributed by atoms with Gasteiger partial charge in [-0.25, -0.2) is 0 Å². The molecule has 0 aromatic heterocycles. The fourth-order valence-corrected chi connectivity index (χ4v) is 3.77. The lowest BCUT2D eigenvalue weighted by atomic mass is 10.0. The maximum Gasteiger partial charge on any atom is 0.306 e. The van der Waals surface area contributed by atoms with Gasteiger partial charge in [0.15, 0.2) is 0 Å². The summed E-state index contributed by atoms with van der Waals surface area (Å²) in [5.74, 6) is -2.15. The molecule has 0 bridgehead atoms. The highest BCUT2D eigenvalue weighted by molar-refractivity contribution is 5.76. The zero-order chi connectivity index (χ0) is 25.3. The molecule has 0 spiro atoms. The Hall–Kier alpha value is -1.63. The number of unbranched alkanes of at least 4 members (excludes halogenated alkanes) is 16. The maximum absolute atomic E-state index is 11.7. The summed E-state index contributed by atoms with van der Waals surface area (Å²) in [5.41, 5.74) is 0. The summed E-state index contributed by atoms with van der Waals surface area (Å²) in [5, 5.41) is 18.2. The van der Waals surface area contributed by atoms with Crippen LogP contribution in [-0.4, -0.2) is 47.4 Å². The Kier molecular flexibility index (Phi) is 23.3. The average molecular weight is 487 g/mol. The predicted molar refractivity (Wildman–Crippen MR) is 134 cm³/mol. The van der Waals surface area contributed by atoms with Gasteiger partial charge < -0.3 is 19.7 Å². The van der Waals surface area contributed by atoms with Gasteiger partial charge in [0.1, 0.15) is 19.3 Å². The molecule has 7 heteroatoms. The van der Waals surface area contributed by atoms with Crippen LogP contribution in [0.4, 0.5) is 0 Å². The molecule has 2 N–H and O–H groups in total. The Balaban J connectivity index is 3.34. The minimum absolute atomic E-state index is 0.232. The molecule has 0 saturated carbocycles. The Bertz CT molecular complexity index is 507. The molecule has 0 amide bonds. The van der Waals surface area contributed by atoms with E-state index in [0.29, 0.717) is 6.42 Å². The Morgan fingerprint density at radius 1 is 0.559 bits per heavy atom. The van der Waals surface area contributed by atoms with Crippen LogP contribution >= 0.6 is 0 Å². The molecule has 1 unspecified atom stereocenters. The monoisotopic (exact) mass is 486 g/mol. The van der Waals surface area contributed by atoms with Gasteiger partial charge in [0.25, 0.3) is 0 Å². The van der Waals surface area contributed by atoms with Crippen molar-refractivity contribution >= 4 is 17.9 Å². The lowest BCUT2D eigenvalue weighted by molar-refractivity contribution is -0.154. The minimum Gasteiger partial charge on any atom is -0.481 e. The number of aliphatic hydroxyl groups excluding tert-OH is 1. The summed E-state index contributed by atoms with van der Waals surface area (Å²) < 4.78 is 9.73. The van der Waals surface area contributed by atoms with Crippen molar-refractivity contribution in [2.24, 2.45) is 0 Å². The summed E-state index contributed by atoms with van der Waals surface area (Å²) in [4.78, 5) is 33.4. The topological polar surface area (TPSA) is 110 Å². The molecule has 0 rings (SSSR count). The normalized spacial score (nSPS) is 11.8. The van der Waals surface area contributed by atoms with Crippen molar-refractivity contribution in [2.45, 2.75) is 141 Å². The zero-order valence-electron chi connectivity index (χ0n) is 21.6. The number of carboxylic acid groups (broad SMARTS) is 1. The number of hydrogen-bond acceptors (Lipinski definition) is 6. The van der Waals surface area contributed by atoms with Gasteiger partial charge in [0, 0.05) is 6.42 Å². The molecule has 0 aliphatic carbocycles. The van der Waals surface area contributed by atoms with Crippen molar-refractivity contribution < 1.29 is 34.1 Å². The van der Waals surface area contributed by atoms with Crippen molar-refractivity contribution in [3.8, 4) is 0 Å². The first-order valence-electron chi connectivity index (χ1n) is 13.7. The van der Waals surface area contributed by atoms with Crippen molar-refractivity contribution in [3.63, 3.8) is 0 Å². The molecule has 0 fully saturated rings. The molecule has 0 aromatic rings. The van der Waals surface area contributed by atoms with E-state index < -0.39 is 18.0 Å². The lowest BCUT2D eigenvalue weighted by Crippen LogP contribution is -2.25. The highest BCUT2D eigenvalue weighted by Crippen LogP contribution is 2.14. The number of ether oxygens (including phenoxy) is 2. The zero-order valence-corrected chi connectivity index (χ0v) is 21.6. The van der Waals surface area contributed by atoms with E-state index in [4.69, 9.17) is 14.6 Å². The number of aliphatic carboxylic acids is 1. The van der Waals surface area contributed by atoms with E-state index in [1.54, 1.807) is 0 Å². The predicted octanol–water partition coefficient (Wildman–Crippen LogP) is 6.34. The largest absolute Gasteiger partial charge is 0.481 e. The van der Waals surface area contributed by atoms with Gasteiger partial charge in [-0.2, -0.15) is 0 Å². The van der Waals surface area contributed by atoms with E-state index in [0.717, 1.165) is 19.3 Å². The second-order valence-corrected chi connectivity index (χ2v) is 9.32. The highest BCUT2D eigenvalue weighted by Gasteiger charge is 2.13. The van der Waals surface area contributed by atoms with Gasteiger partial charge in [-0.15, -0.1) is 0 Å². The molecule has 34 heavy (non-hydrogen) atoms. The minimum atomic E-state index is -1.10. The maximum atomic E-state index is 11.7. The van der Waals surface area contributed by atoms with Crippen LogP contribution in [0.2, 0.25) is 0 Å².